The molecule has 0 unspecified atom stereocenters. The molecule has 102 valence electrons. The molecule has 0 fully saturated rings. The van der Waals surface area contributed by atoms with Gasteiger partial charge in [-0.05, 0) is 48.0 Å². The van der Waals surface area contributed by atoms with Gasteiger partial charge in [0.15, 0.2) is 0 Å². The highest BCUT2D eigenvalue weighted by Gasteiger charge is 2.32. The van der Waals surface area contributed by atoms with E-state index in [-0.39, 0.29) is 5.54 Å². The number of hydrogen-bond donors (Lipinski definition) is 0. The standard InChI is InChI=1S/C12H14Br2F3N/c1-11(2,7-13)18(3)10-5-4-8(6-9(10)14)12(15,16)17/h4-6H,7H2,1-3H3. The smallest absolute Gasteiger partial charge is 0.368 e. The summed E-state index contributed by atoms with van der Waals surface area (Å²) in [4.78, 5) is 1.94. The topological polar surface area (TPSA) is 3.24 Å². The lowest BCUT2D eigenvalue weighted by molar-refractivity contribution is -0.137. The van der Waals surface area contributed by atoms with Crippen LogP contribution in [0.5, 0.6) is 0 Å². The first-order valence-electron chi connectivity index (χ1n) is 5.26. The summed E-state index contributed by atoms with van der Waals surface area (Å²) in [6.07, 6.45) is -4.31. The molecule has 0 spiro atoms. The summed E-state index contributed by atoms with van der Waals surface area (Å²) in [6, 6.07) is 3.69. The van der Waals surface area contributed by atoms with Crippen molar-refractivity contribution in [3.05, 3.63) is 28.2 Å². The molecule has 0 aliphatic carbocycles. The molecular formula is C12H14Br2F3N. The number of alkyl halides is 4. The van der Waals surface area contributed by atoms with Crippen molar-refractivity contribution in [2.45, 2.75) is 25.6 Å². The molecule has 1 aromatic rings. The van der Waals surface area contributed by atoms with Gasteiger partial charge >= 0.3 is 6.18 Å². The third-order valence-electron chi connectivity index (χ3n) is 2.87. The third-order valence-corrected chi connectivity index (χ3v) is 4.88. The van der Waals surface area contributed by atoms with Crippen LogP contribution in [0.15, 0.2) is 22.7 Å². The second-order valence-electron chi connectivity index (χ2n) is 4.67. The molecule has 0 N–H and O–H groups in total. The molecule has 1 nitrogen and oxygen atoms in total. The predicted molar refractivity (Wildman–Crippen MR) is 75.4 cm³/mol. The van der Waals surface area contributed by atoms with E-state index in [0.29, 0.717) is 9.80 Å². The molecule has 0 aromatic heterocycles. The quantitative estimate of drug-likeness (QED) is 0.653. The molecule has 0 saturated carbocycles. The predicted octanol–water partition coefficient (Wildman–Crippen LogP) is 5.08. The van der Waals surface area contributed by atoms with Gasteiger partial charge in [-0.15, -0.1) is 0 Å². The van der Waals surface area contributed by atoms with Gasteiger partial charge in [-0.1, -0.05) is 15.9 Å². The molecule has 0 aliphatic rings. The van der Waals surface area contributed by atoms with Crippen LogP contribution in [0.3, 0.4) is 0 Å². The van der Waals surface area contributed by atoms with Gasteiger partial charge in [-0.2, -0.15) is 13.2 Å². The van der Waals surface area contributed by atoms with Gasteiger partial charge in [0.25, 0.3) is 0 Å². The highest BCUT2D eigenvalue weighted by atomic mass is 79.9. The lowest BCUT2D eigenvalue weighted by atomic mass is 10.1. The fourth-order valence-electron chi connectivity index (χ4n) is 1.37. The van der Waals surface area contributed by atoms with Crippen LogP contribution in [-0.4, -0.2) is 17.9 Å². The van der Waals surface area contributed by atoms with Gasteiger partial charge < -0.3 is 4.90 Å². The summed E-state index contributed by atoms with van der Waals surface area (Å²) in [5.41, 5.74) is -0.113. The summed E-state index contributed by atoms with van der Waals surface area (Å²) in [7, 11) is 1.86. The van der Waals surface area contributed by atoms with Gasteiger partial charge in [-0.25, -0.2) is 0 Å². The van der Waals surface area contributed by atoms with Crippen molar-refractivity contribution in [1.29, 1.82) is 0 Å². The van der Waals surface area contributed by atoms with E-state index < -0.39 is 11.7 Å². The fourth-order valence-corrected chi connectivity index (χ4v) is 2.39. The highest BCUT2D eigenvalue weighted by molar-refractivity contribution is 9.10. The van der Waals surface area contributed by atoms with E-state index >= 15 is 0 Å². The van der Waals surface area contributed by atoms with E-state index in [4.69, 9.17) is 0 Å². The van der Waals surface area contributed by atoms with E-state index in [1.165, 1.54) is 6.07 Å². The number of halogens is 5. The maximum absolute atomic E-state index is 12.6. The molecular weight excluding hydrogens is 375 g/mol. The van der Waals surface area contributed by atoms with Crippen LogP contribution in [0, 0.1) is 0 Å². The maximum Gasteiger partial charge on any atom is 0.416 e. The molecule has 18 heavy (non-hydrogen) atoms. The molecule has 0 amide bonds. The lowest BCUT2D eigenvalue weighted by Gasteiger charge is -2.36. The largest absolute Gasteiger partial charge is 0.416 e. The van der Waals surface area contributed by atoms with E-state index in [1.54, 1.807) is 0 Å². The summed E-state index contributed by atoms with van der Waals surface area (Å²) in [5, 5.41) is 0.712. The zero-order chi connectivity index (χ0) is 14.1. The van der Waals surface area contributed by atoms with Crippen LogP contribution in [0.4, 0.5) is 18.9 Å². The number of hydrogen-bond acceptors (Lipinski definition) is 1. The third kappa shape index (κ3) is 3.41. The molecule has 0 bridgehead atoms. The highest BCUT2D eigenvalue weighted by Crippen LogP contribution is 2.36. The molecule has 0 aliphatic heterocycles. The van der Waals surface area contributed by atoms with E-state index in [0.717, 1.165) is 17.8 Å². The van der Waals surface area contributed by atoms with Crippen molar-refractivity contribution in [2.75, 3.05) is 17.3 Å². The normalized spacial score (nSPS) is 12.7. The average Bonchev–Trinajstić information content (AvgIpc) is 2.26. The minimum atomic E-state index is -4.31. The van der Waals surface area contributed by atoms with Gasteiger partial charge in [0.05, 0.1) is 11.3 Å². The molecule has 1 rings (SSSR count). The van der Waals surface area contributed by atoms with Crippen molar-refractivity contribution in [3.8, 4) is 0 Å². The van der Waals surface area contributed by atoms with Crippen molar-refractivity contribution >= 4 is 37.5 Å². The Morgan fingerprint density at radius 1 is 1.22 bits per heavy atom. The molecule has 0 saturated heterocycles. The van der Waals surface area contributed by atoms with Crippen LogP contribution in [0.25, 0.3) is 0 Å². The fraction of sp³-hybridized carbons (Fsp3) is 0.500. The van der Waals surface area contributed by atoms with Crippen LogP contribution in [0.1, 0.15) is 19.4 Å². The molecule has 0 atom stereocenters. The van der Waals surface area contributed by atoms with Crippen molar-refractivity contribution in [2.24, 2.45) is 0 Å². The first kappa shape index (κ1) is 15.8. The Hall–Kier alpha value is -0.230. The Bertz CT molecular complexity index is 430. The molecule has 6 heteroatoms. The number of benzene rings is 1. The Balaban J connectivity index is 3.14. The Morgan fingerprint density at radius 3 is 2.17 bits per heavy atom. The summed E-state index contributed by atoms with van der Waals surface area (Å²) in [5.74, 6) is 0. The van der Waals surface area contributed by atoms with E-state index in [9.17, 15) is 13.2 Å². The van der Waals surface area contributed by atoms with Crippen molar-refractivity contribution < 1.29 is 13.2 Å². The SMILES string of the molecule is CN(c1ccc(C(F)(F)F)cc1Br)C(C)(C)CBr. The van der Waals surface area contributed by atoms with Gasteiger partial charge in [0.2, 0.25) is 0 Å². The summed E-state index contributed by atoms with van der Waals surface area (Å²) in [6.45, 7) is 4.01. The number of nitrogens with zero attached hydrogens (tertiary/aromatic N) is 1. The zero-order valence-electron chi connectivity index (χ0n) is 10.3. The van der Waals surface area contributed by atoms with Crippen molar-refractivity contribution in [1.82, 2.24) is 0 Å². The minimum absolute atomic E-state index is 0.192. The lowest BCUT2D eigenvalue weighted by Crippen LogP contribution is -2.42. The number of anilines is 1. The average molecular weight is 389 g/mol. The van der Waals surface area contributed by atoms with Gasteiger partial charge in [0.1, 0.15) is 0 Å². The second-order valence-corrected chi connectivity index (χ2v) is 6.08. The second kappa shape index (κ2) is 5.41. The Morgan fingerprint density at radius 2 is 1.78 bits per heavy atom. The first-order chi connectivity index (χ1) is 8.09. The first-order valence-corrected chi connectivity index (χ1v) is 7.17. The van der Waals surface area contributed by atoms with Gasteiger partial charge in [-0.3, -0.25) is 0 Å². The molecule has 1 aromatic carbocycles. The monoisotopic (exact) mass is 387 g/mol. The van der Waals surface area contributed by atoms with Crippen LogP contribution in [-0.2, 0) is 6.18 Å². The van der Waals surface area contributed by atoms with Crippen LogP contribution in [0.2, 0.25) is 0 Å². The summed E-state index contributed by atoms with van der Waals surface area (Å²) >= 11 is 6.61. The number of rotatable bonds is 3. The minimum Gasteiger partial charge on any atom is -0.368 e. The Kier molecular flexibility index (Phi) is 4.76. The van der Waals surface area contributed by atoms with Gasteiger partial charge in [0, 0.05) is 22.4 Å². The van der Waals surface area contributed by atoms with Crippen molar-refractivity contribution in [3.63, 3.8) is 0 Å². The summed E-state index contributed by atoms with van der Waals surface area (Å²) < 4.78 is 38.1. The molecule has 0 radical (unpaired) electrons. The van der Waals surface area contributed by atoms with Crippen LogP contribution < -0.4 is 4.90 Å². The molecule has 0 heterocycles. The van der Waals surface area contributed by atoms with E-state index in [2.05, 4.69) is 31.9 Å². The Labute approximate surface area is 122 Å². The zero-order valence-corrected chi connectivity index (χ0v) is 13.4. The maximum atomic E-state index is 12.6. The van der Waals surface area contributed by atoms with Crippen LogP contribution >= 0.6 is 31.9 Å². The van der Waals surface area contributed by atoms with E-state index in [1.807, 2.05) is 25.8 Å².